The standard InChI is InChI=1S/C22H19ClN4O2/c1-14-6-8-15(9-7-14)21(16-10-12-17(29-2)13-11-16)27-25-22(24-26-27)20-18(23)4-3-5-19(20)28/h3-13,21,28H,1-2H3. The van der Waals surface area contributed by atoms with Crippen molar-refractivity contribution in [1.82, 2.24) is 20.2 Å². The smallest absolute Gasteiger partial charge is 0.210 e. The summed E-state index contributed by atoms with van der Waals surface area (Å²) in [4.78, 5) is 1.53. The maximum Gasteiger partial charge on any atom is 0.210 e. The van der Waals surface area contributed by atoms with Gasteiger partial charge in [-0.25, -0.2) is 0 Å². The molecule has 6 nitrogen and oxygen atoms in total. The lowest BCUT2D eigenvalue weighted by molar-refractivity contribution is 0.414. The number of methoxy groups -OCH3 is 1. The molecule has 1 N–H and O–H groups in total. The van der Waals surface area contributed by atoms with Crippen molar-refractivity contribution in [3.05, 3.63) is 88.4 Å². The van der Waals surface area contributed by atoms with Crippen molar-refractivity contribution in [1.29, 1.82) is 0 Å². The molecule has 1 unspecified atom stereocenters. The number of aromatic hydroxyl groups is 1. The average molecular weight is 407 g/mol. The highest BCUT2D eigenvalue weighted by Crippen LogP contribution is 2.34. The largest absolute Gasteiger partial charge is 0.507 e. The van der Waals surface area contributed by atoms with Crippen molar-refractivity contribution in [3.8, 4) is 22.9 Å². The molecule has 0 saturated heterocycles. The van der Waals surface area contributed by atoms with Crippen LogP contribution in [-0.4, -0.2) is 32.4 Å². The van der Waals surface area contributed by atoms with Gasteiger partial charge in [0.25, 0.3) is 0 Å². The first-order chi connectivity index (χ1) is 14.1. The Labute approximate surface area is 173 Å². The van der Waals surface area contributed by atoms with Crippen LogP contribution in [0.4, 0.5) is 0 Å². The van der Waals surface area contributed by atoms with Gasteiger partial charge in [-0.15, -0.1) is 10.2 Å². The number of phenolic OH excluding ortho intramolecular Hbond substituents is 1. The molecule has 3 aromatic carbocycles. The van der Waals surface area contributed by atoms with E-state index in [1.165, 1.54) is 4.80 Å². The van der Waals surface area contributed by atoms with Crippen LogP contribution < -0.4 is 4.74 Å². The minimum Gasteiger partial charge on any atom is -0.507 e. The maximum atomic E-state index is 10.2. The Morgan fingerprint density at radius 1 is 0.966 bits per heavy atom. The summed E-state index contributed by atoms with van der Waals surface area (Å²) in [6.07, 6.45) is 0. The molecular weight excluding hydrogens is 388 g/mol. The molecular formula is C22H19ClN4O2. The number of ether oxygens (including phenoxy) is 1. The van der Waals surface area contributed by atoms with Gasteiger partial charge < -0.3 is 9.84 Å². The highest BCUT2D eigenvalue weighted by Gasteiger charge is 2.22. The lowest BCUT2D eigenvalue weighted by Crippen LogP contribution is -2.15. The Hall–Kier alpha value is -3.38. The molecule has 29 heavy (non-hydrogen) atoms. The summed E-state index contributed by atoms with van der Waals surface area (Å²) in [6, 6.07) is 20.5. The molecule has 0 bridgehead atoms. The summed E-state index contributed by atoms with van der Waals surface area (Å²) in [5.41, 5.74) is 3.50. The third-order valence-corrected chi connectivity index (χ3v) is 5.01. The van der Waals surface area contributed by atoms with Crippen molar-refractivity contribution < 1.29 is 9.84 Å². The molecule has 0 saturated carbocycles. The van der Waals surface area contributed by atoms with Crippen LogP contribution in [0.3, 0.4) is 0 Å². The number of halogens is 1. The first kappa shape index (κ1) is 19.0. The molecule has 7 heteroatoms. The number of rotatable bonds is 5. The molecule has 4 rings (SSSR count). The van der Waals surface area contributed by atoms with E-state index in [0.717, 1.165) is 22.4 Å². The topological polar surface area (TPSA) is 73.1 Å². The fourth-order valence-electron chi connectivity index (χ4n) is 3.16. The molecule has 1 atom stereocenters. The van der Waals surface area contributed by atoms with E-state index in [0.29, 0.717) is 10.6 Å². The molecule has 0 amide bonds. The number of aryl methyl sites for hydroxylation is 1. The lowest BCUT2D eigenvalue weighted by atomic mass is 9.98. The highest BCUT2D eigenvalue weighted by atomic mass is 35.5. The van der Waals surface area contributed by atoms with Crippen LogP contribution in [0.15, 0.2) is 66.7 Å². The number of benzene rings is 3. The predicted molar refractivity (Wildman–Crippen MR) is 111 cm³/mol. The second-order valence-corrected chi connectivity index (χ2v) is 7.06. The summed E-state index contributed by atoms with van der Waals surface area (Å²) in [6.45, 7) is 2.04. The number of nitrogens with zero attached hydrogens (tertiary/aromatic N) is 4. The minimum atomic E-state index is -0.299. The van der Waals surface area contributed by atoms with E-state index in [1.54, 1.807) is 25.3 Å². The van der Waals surface area contributed by atoms with Crippen LogP contribution in [0.1, 0.15) is 22.7 Å². The molecule has 146 valence electrons. The summed E-state index contributed by atoms with van der Waals surface area (Å²) >= 11 is 6.25. The van der Waals surface area contributed by atoms with Crippen LogP contribution in [0.2, 0.25) is 5.02 Å². The van der Waals surface area contributed by atoms with E-state index in [9.17, 15) is 5.11 Å². The fourth-order valence-corrected chi connectivity index (χ4v) is 3.42. The maximum absolute atomic E-state index is 10.2. The van der Waals surface area contributed by atoms with Gasteiger partial charge in [-0.1, -0.05) is 59.6 Å². The summed E-state index contributed by atoms with van der Waals surface area (Å²) in [5.74, 6) is 1.04. The molecule has 0 aliphatic rings. The average Bonchev–Trinajstić information content (AvgIpc) is 3.19. The summed E-state index contributed by atoms with van der Waals surface area (Å²) < 4.78 is 5.27. The van der Waals surface area contributed by atoms with Crippen LogP contribution in [0.25, 0.3) is 11.4 Å². The van der Waals surface area contributed by atoms with Crippen molar-refractivity contribution in [2.45, 2.75) is 13.0 Å². The van der Waals surface area contributed by atoms with Gasteiger partial charge in [0.2, 0.25) is 5.82 Å². The molecule has 0 aliphatic heterocycles. The summed E-state index contributed by atoms with van der Waals surface area (Å²) in [7, 11) is 1.63. The SMILES string of the molecule is COc1ccc(C(c2ccc(C)cc2)n2nnc(-c3c(O)cccc3Cl)n2)cc1. The van der Waals surface area contributed by atoms with Gasteiger partial charge in [0.15, 0.2) is 0 Å². The zero-order chi connectivity index (χ0) is 20.4. The van der Waals surface area contributed by atoms with Crippen LogP contribution in [0.5, 0.6) is 11.5 Å². The first-order valence-electron chi connectivity index (χ1n) is 9.04. The van der Waals surface area contributed by atoms with Gasteiger partial charge in [0.05, 0.1) is 17.7 Å². The van der Waals surface area contributed by atoms with Gasteiger partial charge in [-0.05, 0) is 47.5 Å². The Morgan fingerprint density at radius 3 is 2.24 bits per heavy atom. The van der Waals surface area contributed by atoms with Crippen molar-refractivity contribution >= 4 is 11.6 Å². The zero-order valence-corrected chi connectivity index (χ0v) is 16.7. The second-order valence-electron chi connectivity index (χ2n) is 6.65. The van der Waals surface area contributed by atoms with E-state index >= 15 is 0 Å². The molecule has 0 aliphatic carbocycles. The monoisotopic (exact) mass is 406 g/mol. The van der Waals surface area contributed by atoms with E-state index < -0.39 is 0 Å². The van der Waals surface area contributed by atoms with Crippen LogP contribution in [-0.2, 0) is 0 Å². The first-order valence-corrected chi connectivity index (χ1v) is 9.42. The molecule has 0 spiro atoms. The van der Waals surface area contributed by atoms with E-state index in [-0.39, 0.29) is 17.6 Å². The molecule has 4 aromatic rings. The Kier molecular flexibility index (Phi) is 5.18. The number of phenols is 1. The van der Waals surface area contributed by atoms with E-state index in [4.69, 9.17) is 16.3 Å². The van der Waals surface area contributed by atoms with Crippen molar-refractivity contribution in [2.75, 3.05) is 7.11 Å². The third-order valence-electron chi connectivity index (χ3n) is 4.70. The Balaban J connectivity index is 1.81. The van der Waals surface area contributed by atoms with Gasteiger partial charge in [-0.2, -0.15) is 4.80 Å². The van der Waals surface area contributed by atoms with Crippen LogP contribution in [0, 0.1) is 6.92 Å². The Bertz CT molecular complexity index is 1100. The lowest BCUT2D eigenvalue weighted by Gasteiger charge is -2.17. The molecule has 0 radical (unpaired) electrons. The molecule has 0 fully saturated rings. The van der Waals surface area contributed by atoms with Crippen molar-refractivity contribution in [2.24, 2.45) is 0 Å². The van der Waals surface area contributed by atoms with E-state index in [1.807, 2.05) is 55.5 Å². The Morgan fingerprint density at radius 2 is 1.62 bits per heavy atom. The van der Waals surface area contributed by atoms with Gasteiger partial charge in [0.1, 0.15) is 17.5 Å². The van der Waals surface area contributed by atoms with Crippen molar-refractivity contribution in [3.63, 3.8) is 0 Å². The van der Waals surface area contributed by atoms with Gasteiger partial charge in [-0.3, -0.25) is 0 Å². The minimum absolute atomic E-state index is 0.00776. The fraction of sp³-hybridized carbons (Fsp3) is 0.136. The third kappa shape index (κ3) is 3.79. The second kappa shape index (κ2) is 7.93. The highest BCUT2D eigenvalue weighted by molar-refractivity contribution is 6.33. The number of tetrazole rings is 1. The van der Waals surface area contributed by atoms with Crippen LogP contribution >= 0.6 is 11.6 Å². The normalized spacial score (nSPS) is 12.0. The number of aromatic nitrogens is 4. The molecule has 1 heterocycles. The number of hydrogen-bond acceptors (Lipinski definition) is 5. The van der Waals surface area contributed by atoms with Gasteiger partial charge >= 0.3 is 0 Å². The van der Waals surface area contributed by atoms with Gasteiger partial charge in [0, 0.05) is 0 Å². The zero-order valence-electron chi connectivity index (χ0n) is 16.0. The predicted octanol–water partition coefficient (Wildman–Crippen LogP) is 4.65. The number of hydrogen-bond donors (Lipinski definition) is 1. The molecule has 1 aromatic heterocycles. The quantitative estimate of drug-likeness (QED) is 0.522. The summed E-state index contributed by atoms with van der Waals surface area (Å²) in [5, 5.41) is 23.5. The van der Waals surface area contributed by atoms with E-state index in [2.05, 4.69) is 15.4 Å².